The van der Waals surface area contributed by atoms with Crippen molar-refractivity contribution in [3.63, 3.8) is 0 Å². The predicted molar refractivity (Wildman–Crippen MR) is 85.3 cm³/mol. The summed E-state index contributed by atoms with van der Waals surface area (Å²) >= 11 is 0. The molecule has 2 nitrogen and oxygen atoms in total. The zero-order valence-corrected chi connectivity index (χ0v) is 13.1. The predicted octanol–water partition coefficient (Wildman–Crippen LogP) is 3.82. The SMILES string of the molecule is COCCNCC1(c2ccc(C)cc2)CCCCCC1. The van der Waals surface area contributed by atoms with Gasteiger partial charge in [-0.05, 0) is 25.3 Å². The monoisotopic (exact) mass is 275 g/mol. The van der Waals surface area contributed by atoms with Crippen molar-refractivity contribution in [3.8, 4) is 0 Å². The Morgan fingerprint density at radius 1 is 1.05 bits per heavy atom. The van der Waals surface area contributed by atoms with Gasteiger partial charge in [-0.15, -0.1) is 0 Å². The van der Waals surface area contributed by atoms with Gasteiger partial charge in [-0.25, -0.2) is 0 Å². The fourth-order valence-electron chi connectivity index (χ4n) is 3.38. The van der Waals surface area contributed by atoms with E-state index in [-0.39, 0.29) is 0 Å². The lowest BCUT2D eigenvalue weighted by Gasteiger charge is -2.34. The van der Waals surface area contributed by atoms with E-state index in [0.717, 1.165) is 19.7 Å². The van der Waals surface area contributed by atoms with Gasteiger partial charge < -0.3 is 10.1 Å². The summed E-state index contributed by atoms with van der Waals surface area (Å²) in [5.41, 5.74) is 3.21. The molecule has 0 heterocycles. The van der Waals surface area contributed by atoms with Crippen molar-refractivity contribution in [2.24, 2.45) is 0 Å². The average Bonchev–Trinajstić information content (AvgIpc) is 2.71. The molecule has 0 saturated heterocycles. The smallest absolute Gasteiger partial charge is 0.0587 e. The first-order valence-electron chi connectivity index (χ1n) is 8.04. The maximum absolute atomic E-state index is 5.15. The van der Waals surface area contributed by atoms with Crippen molar-refractivity contribution in [1.29, 1.82) is 0 Å². The van der Waals surface area contributed by atoms with Gasteiger partial charge in [0.15, 0.2) is 0 Å². The number of hydrogen-bond acceptors (Lipinski definition) is 2. The van der Waals surface area contributed by atoms with E-state index in [4.69, 9.17) is 4.74 Å². The van der Waals surface area contributed by atoms with E-state index in [1.807, 2.05) is 0 Å². The van der Waals surface area contributed by atoms with Gasteiger partial charge in [-0.2, -0.15) is 0 Å². The number of benzene rings is 1. The van der Waals surface area contributed by atoms with E-state index in [9.17, 15) is 0 Å². The number of methoxy groups -OCH3 is 1. The Balaban J connectivity index is 2.11. The van der Waals surface area contributed by atoms with Crippen molar-refractivity contribution in [1.82, 2.24) is 5.32 Å². The van der Waals surface area contributed by atoms with Gasteiger partial charge in [-0.1, -0.05) is 55.5 Å². The molecule has 0 amide bonds. The number of ether oxygens (including phenoxy) is 1. The topological polar surface area (TPSA) is 21.3 Å². The fraction of sp³-hybridized carbons (Fsp3) is 0.667. The van der Waals surface area contributed by atoms with E-state index in [2.05, 4.69) is 36.5 Å². The molecule has 0 bridgehead atoms. The Hall–Kier alpha value is -0.860. The molecule has 0 aromatic heterocycles. The van der Waals surface area contributed by atoms with Crippen molar-refractivity contribution < 1.29 is 4.74 Å². The van der Waals surface area contributed by atoms with E-state index in [0.29, 0.717) is 5.41 Å². The van der Waals surface area contributed by atoms with Crippen LogP contribution in [0.1, 0.15) is 49.7 Å². The van der Waals surface area contributed by atoms with E-state index >= 15 is 0 Å². The molecular formula is C18H29NO. The molecular weight excluding hydrogens is 246 g/mol. The third kappa shape index (κ3) is 4.07. The minimum atomic E-state index is 0.331. The van der Waals surface area contributed by atoms with Gasteiger partial charge in [0.1, 0.15) is 0 Å². The van der Waals surface area contributed by atoms with E-state index in [1.54, 1.807) is 7.11 Å². The Kier molecular flexibility index (Phi) is 6.06. The molecule has 0 atom stereocenters. The van der Waals surface area contributed by atoms with Gasteiger partial charge in [0, 0.05) is 25.6 Å². The quantitative estimate of drug-likeness (QED) is 0.629. The van der Waals surface area contributed by atoms with Crippen LogP contribution < -0.4 is 5.32 Å². The second-order valence-corrected chi connectivity index (χ2v) is 6.23. The van der Waals surface area contributed by atoms with Gasteiger partial charge in [-0.3, -0.25) is 0 Å². The first-order chi connectivity index (χ1) is 9.77. The van der Waals surface area contributed by atoms with Gasteiger partial charge in [0.25, 0.3) is 0 Å². The summed E-state index contributed by atoms with van der Waals surface area (Å²) in [6.07, 6.45) is 8.14. The highest BCUT2D eigenvalue weighted by Crippen LogP contribution is 2.38. The van der Waals surface area contributed by atoms with Crippen molar-refractivity contribution in [3.05, 3.63) is 35.4 Å². The van der Waals surface area contributed by atoms with E-state index < -0.39 is 0 Å². The summed E-state index contributed by atoms with van der Waals surface area (Å²) in [6, 6.07) is 9.21. The number of aryl methyl sites for hydroxylation is 1. The zero-order chi connectivity index (χ0) is 14.3. The van der Waals surface area contributed by atoms with Crippen molar-refractivity contribution >= 4 is 0 Å². The highest BCUT2D eigenvalue weighted by atomic mass is 16.5. The minimum Gasteiger partial charge on any atom is -0.383 e. The lowest BCUT2D eigenvalue weighted by Crippen LogP contribution is -2.39. The summed E-state index contributed by atoms with van der Waals surface area (Å²) < 4.78 is 5.15. The summed E-state index contributed by atoms with van der Waals surface area (Å²) in [7, 11) is 1.77. The maximum atomic E-state index is 5.15. The number of hydrogen-bond donors (Lipinski definition) is 1. The summed E-state index contributed by atoms with van der Waals surface area (Å²) in [5, 5.41) is 3.61. The van der Waals surface area contributed by atoms with Crippen LogP contribution in [0.3, 0.4) is 0 Å². The fourth-order valence-corrected chi connectivity index (χ4v) is 3.38. The molecule has 2 heteroatoms. The molecule has 20 heavy (non-hydrogen) atoms. The molecule has 2 rings (SSSR count). The van der Waals surface area contributed by atoms with Crippen LogP contribution in [-0.2, 0) is 10.2 Å². The molecule has 0 spiro atoms. The Bertz CT molecular complexity index is 377. The van der Waals surface area contributed by atoms with Gasteiger partial charge >= 0.3 is 0 Å². The lowest BCUT2D eigenvalue weighted by atomic mass is 9.74. The van der Waals surface area contributed by atoms with Gasteiger partial charge in [0.05, 0.1) is 6.61 Å². The van der Waals surface area contributed by atoms with E-state index in [1.165, 1.54) is 49.7 Å². The van der Waals surface area contributed by atoms with Crippen LogP contribution in [0.4, 0.5) is 0 Å². The molecule has 1 aromatic rings. The highest BCUT2D eigenvalue weighted by molar-refractivity contribution is 5.29. The van der Waals surface area contributed by atoms with Crippen molar-refractivity contribution in [2.45, 2.75) is 50.9 Å². The molecule has 1 N–H and O–H groups in total. The zero-order valence-electron chi connectivity index (χ0n) is 13.1. The minimum absolute atomic E-state index is 0.331. The molecule has 1 aromatic carbocycles. The molecule has 112 valence electrons. The first kappa shape index (κ1) is 15.5. The Morgan fingerprint density at radius 3 is 2.30 bits per heavy atom. The van der Waals surface area contributed by atoms with Crippen LogP contribution in [-0.4, -0.2) is 26.8 Å². The van der Waals surface area contributed by atoms with Crippen LogP contribution in [0.5, 0.6) is 0 Å². The van der Waals surface area contributed by atoms with Crippen molar-refractivity contribution in [2.75, 3.05) is 26.8 Å². The third-order valence-electron chi connectivity index (χ3n) is 4.67. The molecule has 0 unspecified atom stereocenters. The summed E-state index contributed by atoms with van der Waals surface area (Å²) in [4.78, 5) is 0. The molecule has 0 radical (unpaired) electrons. The molecule has 1 saturated carbocycles. The Labute approximate surface area is 123 Å². The molecule has 0 aliphatic heterocycles. The van der Waals surface area contributed by atoms with Crippen LogP contribution in [0.2, 0.25) is 0 Å². The standard InChI is InChI=1S/C18H29NO/c1-16-7-9-17(10-8-16)18(15-19-13-14-20-2)11-5-3-4-6-12-18/h7-10,19H,3-6,11-15H2,1-2H3. The number of nitrogens with one attached hydrogen (secondary N) is 1. The second-order valence-electron chi connectivity index (χ2n) is 6.23. The molecule has 1 aliphatic rings. The second kappa shape index (κ2) is 7.80. The normalized spacial score (nSPS) is 18.7. The highest BCUT2D eigenvalue weighted by Gasteiger charge is 2.32. The van der Waals surface area contributed by atoms with Crippen LogP contribution in [0.25, 0.3) is 0 Å². The average molecular weight is 275 g/mol. The molecule has 1 aliphatic carbocycles. The lowest BCUT2D eigenvalue weighted by molar-refractivity contribution is 0.195. The largest absolute Gasteiger partial charge is 0.383 e. The van der Waals surface area contributed by atoms with Gasteiger partial charge in [0.2, 0.25) is 0 Å². The van der Waals surface area contributed by atoms with Crippen LogP contribution >= 0.6 is 0 Å². The Morgan fingerprint density at radius 2 is 1.70 bits per heavy atom. The van der Waals surface area contributed by atoms with Crippen LogP contribution in [0, 0.1) is 6.92 Å². The summed E-state index contributed by atoms with van der Waals surface area (Å²) in [6.45, 7) is 4.99. The third-order valence-corrected chi connectivity index (χ3v) is 4.67. The maximum Gasteiger partial charge on any atom is 0.0587 e. The summed E-state index contributed by atoms with van der Waals surface area (Å²) in [5.74, 6) is 0. The first-order valence-corrected chi connectivity index (χ1v) is 8.04. The number of rotatable bonds is 6. The molecule has 1 fully saturated rings. The van der Waals surface area contributed by atoms with Crippen LogP contribution in [0.15, 0.2) is 24.3 Å².